The zero-order valence-corrected chi connectivity index (χ0v) is 11.0. The molecule has 2 unspecified atom stereocenters. The summed E-state index contributed by atoms with van der Waals surface area (Å²) in [5, 5.41) is 0. The number of rotatable bonds is 5. The van der Waals surface area contributed by atoms with E-state index < -0.39 is 17.9 Å². The summed E-state index contributed by atoms with van der Waals surface area (Å²) in [7, 11) is 0. The van der Waals surface area contributed by atoms with Gasteiger partial charge in [-0.1, -0.05) is 26.0 Å². The molecule has 0 saturated heterocycles. The number of hydrogen-bond acceptors (Lipinski definition) is 1. The Kier molecular flexibility index (Phi) is 5.35. The van der Waals surface area contributed by atoms with Gasteiger partial charge in [-0.3, -0.25) is 0 Å². The minimum atomic E-state index is -4.36. The Labute approximate surface area is 110 Å². The van der Waals surface area contributed by atoms with Crippen LogP contribution in [0.1, 0.15) is 25.0 Å². The lowest BCUT2D eigenvalue weighted by Gasteiger charge is -2.23. The van der Waals surface area contributed by atoms with Crippen LogP contribution in [0.3, 0.4) is 0 Å². The van der Waals surface area contributed by atoms with E-state index in [2.05, 4.69) is 0 Å². The average Bonchev–Trinajstić information content (AvgIpc) is 2.28. The summed E-state index contributed by atoms with van der Waals surface area (Å²) in [6, 6.07) is 4.61. The lowest BCUT2D eigenvalue weighted by atomic mass is 9.88. The molecule has 5 heteroatoms. The lowest BCUT2D eigenvalue weighted by molar-refractivity contribution is -0.137. The molecule has 0 saturated carbocycles. The number of hydrogen-bond donors (Lipinski definition) is 1. The molecule has 1 aromatic carbocycles. The van der Waals surface area contributed by atoms with Crippen LogP contribution in [0.2, 0.25) is 0 Å². The fourth-order valence-corrected chi connectivity index (χ4v) is 2.04. The normalized spacial score (nSPS) is 15.6. The summed E-state index contributed by atoms with van der Waals surface area (Å²) in [5.74, 6) is -0.170. The third kappa shape index (κ3) is 4.49. The largest absolute Gasteiger partial charge is 0.416 e. The number of benzene rings is 1. The average molecular weight is 277 g/mol. The van der Waals surface area contributed by atoms with E-state index in [4.69, 9.17) is 5.73 Å². The smallest absolute Gasteiger partial charge is 0.330 e. The molecule has 2 N–H and O–H groups in total. The first-order valence-corrected chi connectivity index (χ1v) is 6.26. The zero-order chi connectivity index (χ0) is 14.6. The van der Waals surface area contributed by atoms with Crippen molar-refractivity contribution in [3.05, 3.63) is 35.4 Å². The van der Waals surface area contributed by atoms with Gasteiger partial charge in [0.2, 0.25) is 0 Å². The molecule has 1 nitrogen and oxygen atoms in total. The van der Waals surface area contributed by atoms with Crippen LogP contribution >= 0.6 is 0 Å². The van der Waals surface area contributed by atoms with E-state index in [0.29, 0.717) is 5.56 Å². The predicted molar refractivity (Wildman–Crippen MR) is 67.4 cm³/mol. The number of alkyl halides is 4. The quantitative estimate of drug-likeness (QED) is 0.814. The van der Waals surface area contributed by atoms with Crippen LogP contribution in [0.5, 0.6) is 0 Å². The predicted octanol–water partition coefficient (Wildman–Crippen LogP) is 3.82. The maximum Gasteiger partial charge on any atom is 0.416 e. The second-order valence-electron chi connectivity index (χ2n) is 5.06. The highest BCUT2D eigenvalue weighted by molar-refractivity contribution is 5.25. The maximum absolute atomic E-state index is 14.0. The van der Waals surface area contributed by atoms with E-state index in [1.165, 1.54) is 12.1 Å². The summed E-state index contributed by atoms with van der Waals surface area (Å²) in [4.78, 5) is 0. The van der Waals surface area contributed by atoms with E-state index in [1.54, 1.807) is 0 Å². The standard InChI is InChI=1S/C14H19F4N/c1-9(2)12(8-19)13(15)7-10-3-5-11(6-4-10)14(16,17)18/h3-6,9,12-13H,7-8,19H2,1-2H3. The maximum atomic E-state index is 14.0. The Hall–Kier alpha value is -1.10. The highest BCUT2D eigenvalue weighted by Crippen LogP contribution is 2.29. The molecule has 0 spiro atoms. The van der Waals surface area contributed by atoms with Crippen molar-refractivity contribution >= 4 is 0 Å². The van der Waals surface area contributed by atoms with Gasteiger partial charge in [0.15, 0.2) is 0 Å². The molecule has 2 atom stereocenters. The summed E-state index contributed by atoms with van der Waals surface area (Å²) in [5.41, 5.74) is 5.36. The summed E-state index contributed by atoms with van der Waals surface area (Å²) in [6.45, 7) is 4.01. The second-order valence-corrected chi connectivity index (χ2v) is 5.06. The second kappa shape index (κ2) is 6.37. The zero-order valence-electron chi connectivity index (χ0n) is 11.0. The molecule has 19 heavy (non-hydrogen) atoms. The third-order valence-electron chi connectivity index (χ3n) is 3.31. The van der Waals surface area contributed by atoms with Crippen molar-refractivity contribution in [2.24, 2.45) is 17.6 Å². The topological polar surface area (TPSA) is 26.0 Å². The van der Waals surface area contributed by atoms with Gasteiger partial charge in [-0.05, 0) is 30.2 Å². The van der Waals surface area contributed by atoms with E-state index in [1.807, 2.05) is 13.8 Å². The van der Waals surface area contributed by atoms with E-state index >= 15 is 0 Å². The Morgan fingerprint density at radius 3 is 2.00 bits per heavy atom. The number of nitrogens with two attached hydrogens (primary N) is 1. The summed E-state index contributed by atoms with van der Waals surface area (Å²) < 4.78 is 51.2. The first kappa shape index (κ1) is 16.0. The highest BCUT2D eigenvalue weighted by Gasteiger charge is 2.30. The molecular formula is C14H19F4N. The van der Waals surface area contributed by atoms with Gasteiger partial charge in [-0.15, -0.1) is 0 Å². The van der Waals surface area contributed by atoms with Gasteiger partial charge in [0.05, 0.1) is 5.56 Å². The van der Waals surface area contributed by atoms with Crippen LogP contribution < -0.4 is 5.73 Å². The monoisotopic (exact) mass is 277 g/mol. The van der Waals surface area contributed by atoms with Crippen molar-refractivity contribution in [1.82, 2.24) is 0 Å². The van der Waals surface area contributed by atoms with Gasteiger partial charge < -0.3 is 5.73 Å². The van der Waals surface area contributed by atoms with E-state index in [-0.39, 0.29) is 24.8 Å². The SMILES string of the molecule is CC(C)C(CN)C(F)Cc1ccc(C(F)(F)F)cc1. The van der Waals surface area contributed by atoms with Crippen LogP contribution in [-0.4, -0.2) is 12.7 Å². The van der Waals surface area contributed by atoms with Crippen LogP contribution in [0.4, 0.5) is 17.6 Å². The van der Waals surface area contributed by atoms with Crippen molar-refractivity contribution in [3.63, 3.8) is 0 Å². The molecule has 0 bridgehead atoms. The first-order valence-electron chi connectivity index (χ1n) is 6.26. The third-order valence-corrected chi connectivity index (χ3v) is 3.31. The van der Waals surface area contributed by atoms with E-state index in [0.717, 1.165) is 12.1 Å². The van der Waals surface area contributed by atoms with Crippen LogP contribution in [0.25, 0.3) is 0 Å². The highest BCUT2D eigenvalue weighted by atomic mass is 19.4. The van der Waals surface area contributed by atoms with Crippen LogP contribution in [-0.2, 0) is 12.6 Å². The Balaban J connectivity index is 2.73. The molecule has 0 aromatic heterocycles. The molecule has 0 aliphatic rings. The Morgan fingerprint density at radius 1 is 1.11 bits per heavy atom. The van der Waals surface area contributed by atoms with Gasteiger partial charge in [0, 0.05) is 12.3 Å². The van der Waals surface area contributed by atoms with Gasteiger partial charge in [-0.2, -0.15) is 13.2 Å². The van der Waals surface area contributed by atoms with Crippen molar-refractivity contribution in [2.75, 3.05) is 6.54 Å². The van der Waals surface area contributed by atoms with Crippen molar-refractivity contribution in [1.29, 1.82) is 0 Å². The fraction of sp³-hybridized carbons (Fsp3) is 0.571. The van der Waals surface area contributed by atoms with Gasteiger partial charge in [0.1, 0.15) is 6.17 Å². The molecule has 1 aromatic rings. The Bertz CT molecular complexity index is 383. The first-order chi connectivity index (χ1) is 8.75. The van der Waals surface area contributed by atoms with Crippen molar-refractivity contribution < 1.29 is 17.6 Å². The van der Waals surface area contributed by atoms with Gasteiger partial charge in [0.25, 0.3) is 0 Å². The fourth-order valence-electron chi connectivity index (χ4n) is 2.04. The lowest BCUT2D eigenvalue weighted by Crippen LogP contribution is -2.30. The molecule has 0 amide bonds. The molecule has 0 aliphatic carbocycles. The molecule has 1 rings (SSSR count). The Morgan fingerprint density at radius 2 is 1.63 bits per heavy atom. The van der Waals surface area contributed by atoms with Crippen LogP contribution in [0.15, 0.2) is 24.3 Å². The summed E-state index contributed by atoms with van der Waals surface area (Å²) in [6.07, 6.45) is -5.40. The molecule has 108 valence electrons. The van der Waals surface area contributed by atoms with Crippen LogP contribution in [0, 0.1) is 11.8 Å². The minimum absolute atomic E-state index is 0.0954. The van der Waals surface area contributed by atoms with Crippen molar-refractivity contribution in [3.8, 4) is 0 Å². The van der Waals surface area contributed by atoms with E-state index in [9.17, 15) is 17.6 Å². The van der Waals surface area contributed by atoms with Gasteiger partial charge >= 0.3 is 6.18 Å². The van der Waals surface area contributed by atoms with Crippen molar-refractivity contribution in [2.45, 2.75) is 32.6 Å². The molecule has 0 aliphatic heterocycles. The van der Waals surface area contributed by atoms with Gasteiger partial charge in [-0.25, -0.2) is 4.39 Å². The summed E-state index contributed by atoms with van der Waals surface area (Å²) >= 11 is 0. The molecule has 0 heterocycles. The number of halogens is 4. The molecular weight excluding hydrogens is 258 g/mol. The minimum Gasteiger partial charge on any atom is -0.330 e. The molecule has 0 fully saturated rings. The molecule has 0 radical (unpaired) electrons.